The second-order valence-electron chi connectivity index (χ2n) is 16.1. The van der Waals surface area contributed by atoms with Gasteiger partial charge in [-0.15, -0.1) is 0 Å². The molecule has 0 radical (unpaired) electrons. The highest BCUT2D eigenvalue weighted by Crippen LogP contribution is 2.28. The molecule has 0 saturated carbocycles. The Labute approximate surface area is 372 Å². The SMILES string of the molecule is CC[C@H](C)[C@@H]1NC(=O)[C@H](Cc2ccccc2)N(C)C(=O)[C@H]([C@@H](C)CC)N2C(=O)[C@H](CC[C@H]2O)NC(=O)[C@H](CCCN=C(N)N)NC(=O)[C@@H](NC(=O)[C@H](O)COS(=O)(=O)O)[C@@H](C)OC1=O. The number of aliphatic hydroxyl groups excluding tert-OH is 2. The van der Waals surface area contributed by atoms with Crippen LogP contribution in [0.1, 0.15) is 78.7 Å². The van der Waals surface area contributed by atoms with E-state index in [0.717, 1.165) is 9.80 Å². The van der Waals surface area contributed by atoms with Crippen molar-refractivity contribution in [1.82, 2.24) is 31.1 Å². The van der Waals surface area contributed by atoms with E-state index in [0.29, 0.717) is 18.4 Å². The number of amides is 6. The van der Waals surface area contributed by atoms with Crippen LogP contribution in [0.15, 0.2) is 35.3 Å². The molecule has 1 aromatic carbocycles. The number of aliphatic hydroxyl groups is 2. The first-order valence-electron chi connectivity index (χ1n) is 21.1. The number of hydrogen-bond donors (Lipinski definition) is 9. The van der Waals surface area contributed by atoms with Crippen molar-refractivity contribution in [1.29, 1.82) is 0 Å². The second-order valence-corrected chi connectivity index (χ2v) is 17.2. The van der Waals surface area contributed by atoms with Crippen LogP contribution in [0.4, 0.5) is 0 Å². The van der Waals surface area contributed by atoms with Crippen LogP contribution >= 0.6 is 0 Å². The summed E-state index contributed by atoms with van der Waals surface area (Å²) >= 11 is 0. The van der Waals surface area contributed by atoms with Gasteiger partial charge in [0.25, 0.3) is 5.91 Å². The number of cyclic esters (lactones) is 1. The van der Waals surface area contributed by atoms with Crippen LogP contribution in [-0.4, -0.2) is 155 Å². The van der Waals surface area contributed by atoms with Gasteiger partial charge in [-0.2, -0.15) is 8.42 Å². The highest BCUT2D eigenvalue weighted by molar-refractivity contribution is 7.80. The standard InChI is InChI=1S/C40H63N9O14S/c1-7-21(3)30-39(58)63-23(5)31(47-35(54)28(50)20-62-64(59,60)61)36(55)44-25(15-12-18-43-40(41)42)33(52)45-26-16-17-29(51)49(37(26)56)32(22(4)8-2)38(57)48(6)27(34(53)46-30)19-24-13-10-9-11-14-24/h9-11,13-14,21-23,25-32,50-51H,7-8,12,15-20H2,1-6H3,(H,44,55)(H,45,52)(H,46,53)(H,47,54)(H4,41,42,43)(H,59,60,61)/t21-,22-,23+,25-,26-,27-,28+,29+,30-,31-,32-/m0/s1. The van der Waals surface area contributed by atoms with E-state index in [1.807, 2.05) is 0 Å². The lowest BCUT2D eigenvalue weighted by Crippen LogP contribution is -2.66. The summed E-state index contributed by atoms with van der Waals surface area (Å²) in [7, 11) is -3.74. The molecule has 2 fully saturated rings. The van der Waals surface area contributed by atoms with Crippen LogP contribution in [0.2, 0.25) is 0 Å². The van der Waals surface area contributed by atoms with E-state index in [9.17, 15) is 52.2 Å². The number of carbonyl (C=O) groups is 7. The molecule has 2 saturated heterocycles. The number of nitrogens with zero attached hydrogens (tertiary/aromatic N) is 3. The molecule has 24 heteroatoms. The maximum atomic E-state index is 14.8. The summed E-state index contributed by atoms with van der Waals surface area (Å²) in [6, 6.07) is -0.136. The Morgan fingerprint density at radius 2 is 1.61 bits per heavy atom. The van der Waals surface area contributed by atoms with Crippen LogP contribution in [-0.2, 0) is 59.3 Å². The highest BCUT2D eigenvalue weighted by Gasteiger charge is 2.47. The molecule has 2 bridgehead atoms. The molecule has 0 aliphatic carbocycles. The molecule has 23 nitrogen and oxygen atoms in total. The lowest BCUT2D eigenvalue weighted by molar-refractivity contribution is -0.168. The number of benzene rings is 1. The number of hydrogen-bond acceptors (Lipinski definition) is 14. The number of piperidine rings is 1. The van der Waals surface area contributed by atoms with Crippen molar-refractivity contribution in [3.63, 3.8) is 0 Å². The summed E-state index contributed by atoms with van der Waals surface area (Å²) in [5, 5.41) is 31.7. The molecule has 0 spiro atoms. The number of carbonyl (C=O) groups excluding carboxylic acids is 7. The quantitative estimate of drug-likeness (QED) is 0.0291. The minimum Gasteiger partial charge on any atom is -0.458 e. The summed E-state index contributed by atoms with van der Waals surface area (Å²) in [5.41, 5.74) is 11.5. The van der Waals surface area contributed by atoms with Crippen molar-refractivity contribution in [2.45, 2.75) is 134 Å². The molecule has 0 aromatic heterocycles. The topological polar surface area (TPSA) is 352 Å². The van der Waals surface area contributed by atoms with E-state index < -0.39 is 125 Å². The first-order valence-corrected chi connectivity index (χ1v) is 22.5. The van der Waals surface area contributed by atoms with E-state index in [1.165, 1.54) is 14.0 Å². The number of ether oxygens (including phenoxy) is 1. The van der Waals surface area contributed by atoms with Crippen LogP contribution in [0.5, 0.6) is 0 Å². The molecule has 0 unspecified atom stereocenters. The number of fused-ring (bicyclic) bond motifs is 2. The fraction of sp³-hybridized carbons (Fsp3) is 0.650. The van der Waals surface area contributed by atoms with Crippen LogP contribution in [0.3, 0.4) is 0 Å². The number of aliphatic imine (C=N–C) groups is 1. The number of nitrogens with two attached hydrogens (primary N) is 2. The van der Waals surface area contributed by atoms with Crippen molar-refractivity contribution in [2.24, 2.45) is 28.3 Å². The molecule has 11 N–H and O–H groups in total. The van der Waals surface area contributed by atoms with Gasteiger partial charge in [0.05, 0.1) is 0 Å². The van der Waals surface area contributed by atoms with Crippen LogP contribution < -0.4 is 32.7 Å². The van der Waals surface area contributed by atoms with Gasteiger partial charge < -0.3 is 57.5 Å². The van der Waals surface area contributed by atoms with Crippen molar-refractivity contribution < 1.29 is 65.7 Å². The minimum absolute atomic E-state index is 0.0152. The van der Waals surface area contributed by atoms with E-state index in [2.05, 4.69) is 30.4 Å². The summed E-state index contributed by atoms with van der Waals surface area (Å²) < 4.78 is 41.1. The predicted octanol–water partition coefficient (Wildman–Crippen LogP) is -2.42. The van der Waals surface area contributed by atoms with Gasteiger partial charge in [0, 0.05) is 20.0 Å². The van der Waals surface area contributed by atoms with Gasteiger partial charge in [-0.25, -0.2) is 8.98 Å². The summed E-state index contributed by atoms with van der Waals surface area (Å²) in [4.78, 5) is 105. The molecule has 1 aromatic rings. The third kappa shape index (κ3) is 14.8. The van der Waals surface area contributed by atoms with Gasteiger partial charge in [-0.1, -0.05) is 70.9 Å². The number of nitrogens with one attached hydrogen (secondary N) is 4. The first kappa shape index (κ1) is 52.9. The van der Waals surface area contributed by atoms with Crippen molar-refractivity contribution in [3.05, 3.63) is 35.9 Å². The van der Waals surface area contributed by atoms with Gasteiger partial charge in [0.15, 0.2) is 12.1 Å². The first-order chi connectivity index (χ1) is 30.0. The maximum absolute atomic E-state index is 14.8. The third-order valence-electron chi connectivity index (χ3n) is 11.4. The average molecular weight is 926 g/mol. The Kier molecular flexibility index (Phi) is 19.9. The number of guanidine groups is 1. The van der Waals surface area contributed by atoms with Gasteiger partial charge in [0.2, 0.25) is 29.5 Å². The van der Waals surface area contributed by atoms with E-state index in [1.54, 1.807) is 58.0 Å². The number of rotatable bonds is 15. The molecule has 358 valence electrons. The van der Waals surface area contributed by atoms with Crippen molar-refractivity contribution >= 4 is 57.8 Å². The van der Waals surface area contributed by atoms with E-state index >= 15 is 0 Å². The van der Waals surface area contributed by atoms with Crippen molar-refractivity contribution in [2.75, 3.05) is 20.2 Å². The zero-order valence-corrected chi connectivity index (χ0v) is 37.7. The maximum Gasteiger partial charge on any atom is 0.397 e. The monoisotopic (exact) mass is 925 g/mol. The normalized spacial score (nSPS) is 27.0. The highest BCUT2D eigenvalue weighted by atomic mass is 32.3. The third-order valence-corrected chi connectivity index (χ3v) is 11.8. The van der Waals surface area contributed by atoms with E-state index in [4.69, 9.17) is 20.8 Å². The molecular formula is C40H63N9O14S. The van der Waals surface area contributed by atoms with Gasteiger partial charge in [0.1, 0.15) is 55.2 Å². The smallest absolute Gasteiger partial charge is 0.397 e. The molecule has 3 rings (SSSR count). The van der Waals surface area contributed by atoms with Gasteiger partial charge in [-0.05, 0) is 50.0 Å². The Hall–Kier alpha value is -5.43. The Balaban J connectivity index is 2.24. The molecule has 64 heavy (non-hydrogen) atoms. The van der Waals surface area contributed by atoms with Crippen LogP contribution in [0.25, 0.3) is 0 Å². The van der Waals surface area contributed by atoms with Crippen LogP contribution in [0, 0.1) is 11.8 Å². The second kappa shape index (κ2) is 24.0. The van der Waals surface area contributed by atoms with Gasteiger partial charge >= 0.3 is 16.4 Å². The molecular weight excluding hydrogens is 863 g/mol. The van der Waals surface area contributed by atoms with E-state index in [-0.39, 0.29) is 44.6 Å². The Bertz CT molecular complexity index is 1950. The number of esters is 1. The zero-order chi connectivity index (χ0) is 48.1. The van der Waals surface area contributed by atoms with Gasteiger partial charge in [-0.3, -0.25) is 38.3 Å². The Morgan fingerprint density at radius 1 is 0.969 bits per heavy atom. The minimum atomic E-state index is -5.12. The lowest BCUT2D eigenvalue weighted by Gasteiger charge is -2.44. The zero-order valence-electron chi connectivity index (χ0n) is 36.8. The summed E-state index contributed by atoms with van der Waals surface area (Å²) in [6.45, 7) is 6.74. The fourth-order valence-electron chi connectivity index (χ4n) is 7.25. The predicted molar refractivity (Wildman–Crippen MR) is 228 cm³/mol. The fourth-order valence-corrected chi connectivity index (χ4v) is 7.55. The Morgan fingerprint density at radius 3 is 2.20 bits per heavy atom. The lowest BCUT2D eigenvalue weighted by atomic mass is 9.91. The molecule has 2 aliphatic rings. The summed E-state index contributed by atoms with van der Waals surface area (Å²) in [6.07, 6.45) is -5.10. The molecule has 11 atom stereocenters. The molecule has 6 amide bonds. The number of likely N-dealkylation sites (N-methyl/N-ethyl adjacent to an activating group) is 1. The summed E-state index contributed by atoms with van der Waals surface area (Å²) in [5.74, 6) is -8.39. The molecule has 2 aliphatic heterocycles. The molecule has 2 heterocycles. The van der Waals surface area contributed by atoms with Crippen molar-refractivity contribution in [3.8, 4) is 0 Å². The largest absolute Gasteiger partial charge is 0.458 e. The average Bonchev–Trinajstić information content (AvgIpc) is 3.24.